The van der Waals surface area contributed by atoms with Crippen LogP contribution in [0.2, 0.25) is 0 Å². The summed E-state index contributed by atoms with van der Waals surface area (Å²) < 4.78 is 4.89. The van der Waals surface area contributed by atoms with Gasteiger partial charge in [-0.25, -0.2) is 4.99 Å². The first-order chi connectivity index (χ1) is 13.6. The van der Waals surface area contributed by atoms with Gasteiger partial charge in [0.05, 0.1) is 19.6 Å². The molecule has 0 aromatic heterocycles. The zero-order valence-corrected chi connectivity index (χ0v) is 20.6. The minimum absolute atomic E-state index is 0. The van der Waals surface area contributed by atoms with Crippen molar-refractivity contribution >= 4 is 35.9 Å². The third-order valence-electron chi connectivity index (χ3n) is 5.37. The largest absolute Gasteiger partial charge is 0.469 e. The molecule has 0 radical (unpaired) electrons. The summed E-state index contributed by atoms with van der Waals surface area (Å²) in [6.45, 7) is 12.7. The van der Waals surface area contributed by atoms with Crippen LogP contribution in [0.5, 0.6) is 0 Å². The first-order valence-corrected chi connectivity index (χ1v) is 10.5. The first kappa shape index (κ1) is 25.7. The maximum Gasteiger partial charge on any atom is 0.308 e. The Bertz CT molecular complexity index is 641. The van der Waals surface area contributed by atoms with E-state index in [4.69, 9.17) is 9.73 Å². The molecule has 0 aliphatic carbocycles. The lowest BCUT2D eigenvalue weighted by Gasteiger charge is -2.33. The van der Waals surface area contributed by atoms with Crippen LogP contribution in [0.1, 0.15) is 44.7 Å². The number of halogens is 1. The van der Waals surface area contributed by atoms with E-state index in [1.54, 1.807) is 0 Å². The van der Waals surface area contributed by atoms with Crippen molar-refractivity contribution in [1.29, 1.82) is 0 Å². The van der Waals surface area contributed by atoms with Crippen LogP contribution in [0.15, 0.2) is 29.3 Å². The highest BCUT2D eigenvalue weighted by atomic mass is 127. The molecule has 2 rings (SSSR count). The number of guanidine groups is 1. The Labute approximate surface area is 193 Å². The van der Waals surface area contributed by atoms with Crippen molar-refractivity contribution in [3.05, 3.63) is 35.4 Å². The number of carbonyl (C=O) groups excluding carboxylic acids is 1. The molecule has 1 aromatic rings. The summed E-state index contributed by atoms with van der Waals surface area (Å²) in [5.41, 5.74) is 2.56. The van der Waals surface area contributed by atoms with Crippen LogP contribution in [0.4, 0.5) is 0 Å². The van der Waals surface area contributed by atoms with E-state index in [-0.39, 0.29) is 35.9 Å². The third-order valence-corrected chi connectivity index (χ3v) is 5.37. The number of piperidine rings is 1. The Kier molecular flexibility index (Phi) is 12.2. The second kappa shape index (κ2) is 13.8. The average molecular weight is 516 g/mol. The third kappa shape index (κ3) is 8.12. The van der Waals surface area contributed by atoms with E-state index in [0.717, 1.165) is 58.1 Å². The van der Waals surface area contributed by atoms with Crippen LogP contribution in [-0.2, 0) is 22.6 Å². The average Bonchev–Trinajstić information content (AvgIpc) is 2.74. The molecule has 29 heavy (non-hydrogen) atoms. The highest BCUT2D eigenvalue weighted by Gasteiger charge is 2.26. The van der Waals surface area contributed by atoms with Crippen LogP contribution in [0, 0.1) is 5.92 Å². The molecule has 1 fully saturated rings. The summed E-state index contributed by atoms with van der Waals surface area (Å²) in [6, 6.07) is 8.71. The summed E-state index contributed by atoms with van der Waals surface area (Å²) in [5, 5.41) is 3.40. The van der Waals surface area contributed by atoms with Gasteiger partial charge in [-0.3, -0.25) is 9.69 Å². The van der Waals surface area contributed by atoms with E-state index in [1.165, 1.54) is 18.2 Å². The molecule has 7 heteroatoms. The Morgan fingerprint density at radius 2 is 1.86 bits per heavy atom. The van der Waals surface area contributed by atoms with Gasteiger partial charge in [-0.2, -0.15) is 0 Å². The normalized spacial score (nSPS) is 15.2. The molecule has 0 amide bonds. The predicted molar refractivity (Wildman–Crippen MR) is 130 cm³/mol. The molecule has 0 bridgehead atoms. The number of hydrogen-bond donors (Lipinski definition) is 1. The second-order valence-electron chi connectivity index (χ2n) is 7.24. The number of hydrogen-bond acceptors (Lipinski definition) is 4. The smallest absolute Gasteiger partial charge is 0.308 e. The van der Waals surface area contributed by atoms with Crippen LogP contribution < -0.4 is 5.32 Å². The Morgan fingerprint density at radius 3 is 2.45 bits per heavy atom. The van der Waals surface area contributed by atoms with Crippen LogP contribution in [0.25, 0.3) is 0 Å². The number of rotatable bonds is 8. The summed E-state index contributed by atoms with van der Waals surface area (Å²) >= 11 is 0. The Balaban J connectivity index is 0.00000420. The van der Waals surface area contributed by atoms with E-state index in [1.807, 2.05) is 0 Å². The van der Waals surface area contributed by atoms with Gasteiger partial charge in [0.2, 0.25) is 0 Å². The maximum absolute atomic E-state index is 11.7. The number of benzene rings is 1. The van der Waals surface area contributed by atoms with Gasteiger partial charge in [0.15, 0.2) is 5.96 Å². The lowest BCUT2D eigenvalue weighted by atomic mass is 9.97. The van der Waals surface area contributed by atoms with E-state index >= 15 is 0 Å². The fraction of sp³-hybridized carbons (Fsp3) is 0.636. The van der Waals surface area contributed by atoms with Crippen molar-refractivity contribution in [3.63, 3.8) is 0 Å². The minimum Gasteiger partial charge on any atom is -0.469 e. The summed E-state index contributed by atoms with van der Waals surface area (Å²) in [4.78, 5) is 21.3. The number of methoxy groups -OCH3 is 1. The molecule has 1 aliphatic heterocycles. The molecule has 164 valence electrons. The molecule has 1 N–H and O–H groups in total. The van der Waals surface area contributed by atoms with Crippen molar-refractivity contribution in [2.75, 3.05) is 39.8 Å². The topological polar surface area (TPSA) is 57.2 Å². The molecule has 0 spiro atoms. The SMILES string of the molecule is CCNC(=NCc1cccc(CN(CC)CC)c1)N1CCC(C(=O)OC)CC1.I. The van der Waals surface area contributed by atoms with E-state index in [0.29, 0.717) is 6.54 Å². The number of aliphatic imine (C=N–C) groups is 1. The molecule has 1 saturated heterocycles. The van der Waals surface area contributed by atoms with Gasteiger partial charge < -0.3 is 15.0 Å². The van der Waals surface area contributed by atoms with Crippen molar-refractivity contribution in [3.8, 4) is 0 Å². The molecule has 0 saturated carbocycles. The van der Waals surface area contributed by atoms with Crippen molar-refractivity contribution in [2.45, 2.75) is 46.7 Å². The fourth-order valence-electron chi connectivity index (χ4n) is 3.62. The quantitative estimate of drug-likeness (QED) is 0.248. The number of carbonyl (C=O) groups is 1. The summed E-state index contributed by atoms with van der Waals surface area (Å²) in [7, 11) is 1.47. The van der Waals surface area contributed by atoms with E-state index in [9.17, 15) is 4.79 Å². The van der Waals surface area contributed by atoms with Crippen LogP contribution in [0.3, 0.4) is 0 Å². The van der Waals surface area contributed by atoms with Gasteiger partial charge in [-0.1, -0.05) is 38.1 Å². The number of likely N-dealkylation sites (tertiary alicyclic amines) is 1. The summed E-state index contributed by atoms with van der Waals surface area (Å²) in [5.74, 6) is 0.854. The molecule has 1 aliphatic rings. The lowest BCUT2D eigenvalue weighted by Crippen LogP contribution is -2.46. The van der Waals surface area contributed by atoms with E-state index < -0.39 is 0 Å². The predicted octanol–water partition coefficient (Wildman–Crippen LogP) is 3.50. The van der Waals surface area contributed by atoms with Gasteiger partial charge in [0, 0.05) is 26.2 Å². The van der Waals surface area contributed by atoms with Crippen LogP contribution >= 0.6 is 24.0 Å². The zero-order chi connectivity index (χ0) is 20.4. The van der Waals surface area contributed by atoms with Gasteiger partial charge in [-0.15, -0.1) is 24.0 Å². The number of esters is 1. The highest BCUT2D eigenvalue weighted by Crippen LogP contribution is 2.19. The van der Waals surface area contributed by atoms with Crippen molar-refractivity contribution in [2.24, 2.45) is 10.9 Å². The second-order valence-corrected chi connectivity index (χ2v) is 7.24. The fourth-order valence-corrected chi connectivity index (χ4v) is 3.62. The number of nitrogens with one attached hydrogen (secondary N) is 1. The number of nitrogens with zero attached hydrogens (tertiary/aromatic N) is 3. The summed E-state index contributed by atoms with van der Waals surface area (Å²) in [6.07, 6.45) is 1.63. The van der Waals surface area contributed by atoms with Gasteiger partial charge in [0.25, 0.3) is 0 Å². The maximum atomic E-state index is 11.7. The van der Waals surface area contributed by atoms with Gasteiger partial charge in [0.1, 0.15) is 0 Å². The molecule has 0 atom stereocenters. The lowest BCUT2D eigenvalue weighted by molar-refractivity contribution is -0.146. The Hall–Kier alpha value is -1.35. The standard InChI is InChI=1S/C22H36N4O2.HI/c1-5-23-22(26-13-11-20(12-14-26)21(27)28-4)24-16-18-9-8-10-19(15-18)17-25(6-2)7-3;/h8-10,15,20H,5-7,11-14,16-17H2,1-4H3,(H,23,24);1H. The Morgan fingerprint density at radius 1 is 1.21 bits per heavy atom. The minimum atomic E-state index is -0.0911. The highest BCUT2D eigenvalue weighted by molar-refractivity contribution is 14.0. The number of ether oxygens (including phenoxy) is 1. The molecule has 6 nitrogen and oxygen atoms in total. The zero-order valence-electron chi connectivity index (χ0n) is 18.3. The molecular weight excluding hydrogens is 479 g/mol. The van der Waals surface area contributed by atoms with Crippen molar-refractivity contribution in [1.82, 2.24) is 15.1 Å². The van der Waals surface area contributed by atoms with Crippen molar-refractivity contribution < 1.29 is 9.53 Å². The molecule has 0 unspecified atom stereocenters. The van der Waals surface area contributed by atoms with Gasteiger partial charge in [-0.05, 0) is 44.0 Å². The molecule has 1 aromatic carbocycles. The van der Waals surface area contributed by atoms with Crippen LogP contribution in [-0.4, -0.2) is 61.6 Å². The van der Waals surface area contributed by atoms with E-state index in [2.05, 4.69) is 60.2 Å². The monoisotopic (exact) mass is 516 g/mol. The first-order valence-electron chi connectivity index (χ1n) is 10.5. The molecular formula is C22H37IN4O2. The van der Waals surface area contributed by atoms with Gasteiger partial charge >= 0.3 is 5.97 Å². The molecule has 1 heterocycles.